The number of hydrogen-bond acceptors (Lipinski definition) is 6. The van der Waals surface area contributed by atoms with Gasteiger partial charge >= 0.3 is 0 Å². The lowest BCUT2D eigenvalue weighted by molar-refractivity contribution is 0.173. The van der Waals surface area contributed by atoms with E-state index in [0.29, 0.717) is 13.3 Å². The molecule has 0 radical (unpaired) electrons. The van der Waals surface area contributed by atoms with E-state index in [9.17, 15) is 0 Å². The highest BCUT2D eigenvalue weighted by Crippen LogP contribution is 2.34. The molecule has 2 aromatic rings. The van der Waals surface area contributed by atoms with Crippen LogP contribution in [-0.2, 0) is 6.54 Å². The molecule has 0 spiro atoms. The van der Waals surface area contributed by atoms with E-state index in [1.807, 2.05) is 36.4 Å². The fourth-order valence-electron chi connectivity index (χ4n) is 2.27. The Bertz CT molecular complexity index is 617. The zero-order valence-electron chi connectivity index (χ0n) is 11.2. The van der Waals surface area contributed by atoms with Crippen molar-refractivity contribution in [1.29, 1.82) is 0 Å². The van der Waals surface area contributed by atoms with Crippen LogP contribution in [0.5, 0.6) is 23.0 Å². The third kappa shape index (κ3) is 2.41. The summed E-state index contributed by atoms with van der Waals surface area (Å²) in [5.74, 6) is 3.11. The number of anilines is 1. The molecule has 21 heavy (non-hydrogen) atoms. The van der Waals surface area contributed by atoms with Gasteiger partial charge in [0.1, 0.15) is 0 Å². The van der Waals surface area contributed by atoms with Crippen molar-refractivity contribution < 1.29 is 18.9 Å². The molecule has 4 rings (SSSR count). The van der Waals surface area contributed by atoms with Gasteiger partial charge in [0, 0.05) is 12.6 Å². The number of fused-ring (bicyclic) bond motifs is 2. The maximum Gasteiger partial charge on any atom is 0.231 e. The van der Waals surface area contributed by atoms with Crippen LogP contribution in [0.3, 0.4) is 0 Å². The number of nitrogens with one attached hydrogen (secondary N) is 2. The minimum absolute atomic E-state index is 0.281. The smallest absolute Gasteiger partial charge is 0.231 e. The molecule has 0 saturated carbocycles. The minimum Gasteiger partial charge on any atom is -0.454 e. The largest absolute Gasteiger partial charge is 0.454 e. The van der Waals surface area contributed by atoms with Gasteiger partial charge in [-0.05, 0) is 29.8 Å². The molecule has 0 saturated heterocycles. The monoisotopic (exact) mass is 286 g/mol. The molecular formula is C15H14N2O4. The van der Waals surface area contributed by atoms with Crippen molar-refractivity contribution in [3.63, 3.8) is 0 Å². The third-order valence-corrected chi connectivity index (χ3v) is 3.33. The number of ether oxygens (including phenoxy) is 4. The van der Waals surface area contributed by atoms with Crippen molar-refractivity contribution in [2.45, 2.75) is 6.54 Å². The molecule has 0 bridgehead atoms. The van der Waals surface area contributed by atoms with Crippen LogP contribution >= 0.6 is 0 Å². The number of hydrogen-bond donors (Lipinski definition) is 2. The topological polar surface area (TPSA) is 61.0 Å². The Morgan fingerprint density at radius 3 is 2.24 bits per heavy atom. The lowest BCUT2D eigenvalue weighted by Gasteiger charge is -2.09. The predicted octanol–water partition coefficient (Wildman–Crippen LogP) is 2.26. The molecule has 2 aliphatic rings. The first-order valence-corrected chi connectivity index (χ1v) is 6.65. The molecule has 2 N–H and O–H groups in total. The van der Waals surface area contributed by atoms with Gasteiger partial charge in [-0.15, -0.1) is 0 Å². The van der Waals surface area contributed by atoms with E-state index in [1.54, 1.807) is 0 Å². The van der Waals surface area contributed by atoms with E-state index in [-0.39, 0.29) is 6.79 Å². The van der Waals surface area contributed by atoms with Gasteiger partial charge in [-0.1, -0.05) is 6.07 Å². The molecule has 0 unspecified atom stereocenters. The SMILES string of the molecule is c1cc2c(cc1CNNc1ccc3c(c1)OCO3)OCO2. The Morgan fingerprint density at radius 2 is 1.43 bits per heavy atom. The highest BCUT2D eigenvalue weighted by molar-refractivity contribution is 5.55. The normalized spacial score (nSPS) is 14.3. The van der Waals surface area contributed by atoms with Crippen molar-refractivity contribution in [2.24, 2.45) is 0 Å². The first kappa shape index (κ1) is 12.2. The van der Waals surface area contributed by atoms with Crippen molar-refractivity contribution in [1.82, 2.24) is 5.43 Å². The zero-order chi connectivity index (χ0) is 14.1. The van der Waals surface area contributed by atoms with Crippen molar-refractivity contribution in [2.75, 3.05) is 19.0 Å². The average molecular weight is 286 g/mol. The summed E-state index contributed by atoms with van der Waals surface area (Å²) in [6, 6.07) is 11.6. The summed E-state index contributed by atoms with van der Waals surface area (Å²) in [7, 11) is 0. The van der Waals surface area contributed by atoms with E-state index in [1.165, 1.54) is 0 Å². The lowest BCUT2D eigenvalue weighted by atomic mass is 10.2. The van der Waals surface area contributed by atoms with E-state index in [4.69, 9.17) is 18.9 Å². The van der Waals surface area contributed by atoms with Crippen molar-refractivity contribution in [3.05, 3.63) is 42.0 Å². The summed E-state index contributed by atoms with van der Waals surface area (Å²) < 4.78 is 21.2. The zero-order valence-corrected chi connectivity index (χ0v) is 11.2. The summed E-state index contributed by atoms with van der Waals surface area (Å²) in [4.78, 5) is 0. The average Bonchev–Trinajstić information content (AvgIpc) is 3.14. The van der Waals surface area contributed by atoms with E-state index >= 15 is 0 Å². The maximum atomic E-state index is 5.35. The van der Waals surface area contributed by atoms with Gasteiger partial charge in [0.05, 0.1) is 5.69 Å². The minimum atomic E-state index is 0.281. The standard InChI is InChI=1S/C15H14N2O4/c1-3-12-14(20-8-18-12)5-10(1)7-16-17-11-2-4-13-15(6-11)21-9-19-13/h1-6,16-17H,7-9H2. The highest BCUT2D eigenvalue weighted by atomic mass is 16.7. The van der Waals surface area contributed by atoms with Crippen molar-refractivity contribution >= 4 is 5.69 Å². The lowest BCUT2D eigenvalue weighted by Crippen LogP contribution is -2.20. The molecule has 0 aromatic heterocycles. The van der Waals surface area contributed by atoms with E-state index in [0.717, 1.165) is 34.2 Å². The van der Waals surface area contributed by atoms with Crippen LogP contribution in [0.25, 0.3) is 0 Å². The summed E-state index contributed by atoms with van der Waals surface area (Å²) in [5.41, 5.74) is 8.31. The molecule has 0 fully saturated rings. The van der Waals surface area contributed by atoms with Crippen LogP contribution in [0.2, 0.25) is 0 Å². The maximum absolute atomic E-state index is 5.35. The van der Waals surface area contributed by atoms with Crippen LogP contribution in [0.15, 0.2) is 36.4 Å². The summed E-state index contributed by atoms with van der Waals surface area (Å²) in [6.45, 7) is 1.23. The molecule has 0 aliphatic carbocycles. The first-order chi connectivity index (χ1) is 10.4. The Kier molecular flexibility index (Phi) is 2.93. The number of hydrazine groups is 1. The van der Waals surface area contributed by atoms with Crippen molar-refractivity contribution in [3.8, 4) is 23.0 Å². The van der Waals surface area contributed by atoms with Crippen LogP contribution in [0.4, 0.5) is 5.69 Å². The van der Waals surface area contributed by atoms with Gasteiger partial charge in [-0.3, -0.25) is 0 Å². The summed E-state index contributed by atoms with van der Waals surface area (Å²) >= 11 is 0. The predicted molar refractivity (Wildman–Crippen MR) is 75.6 cm³/mol. The Hall–Kier alpha value is -2.60. The van der Waals surface area contributed by atoms with Gasteiger partial charge < -0.3 is 24.4 Å². The van der Waals surface area contributed by atoms with Gasteiger partial charge in [-0.25, -0.2) is 5.43 Å². The molecule has 108 valence electrons. The molecule has 2 aliphatic heterocycles. The van der Waals surface area contributed by atoms with Gasteiger partial charge in [0.25, 0.3) is 0 Å². The Morgan fingerprint density at radius 1 is 0.762 bits per heavy atom. The summed E-state index contributed by atoms with van der Waals surface area (Å²) in [5, 5.41) is 0. The molecule has 0 atom stereocenters. The van der Waals surface area contributed by atoms with Crippen LogP contribution in [0, 0.1) is 0 Å². The van der Waals surface area contributed by atoms with E-state index < -0.39 is 0 Å². The van der Waals surface area contributed by atoms with Crippen LogP contribution in [-0.4, -0.2) is 13.6 Å². The Balaban J connectivity index is 1.37. The third-order valence-electron chi connectivity index (χ3n) is 3.33. The fraction of sp³-hybridized carbons (Fsp3) is 0.200. The summed E-state index contributed by atoms with van der Waals surface area (Å²) in [6.07, 6.45) is 0. The molecule has 2 heterocycles. The quantitative estimate of drug-likeness (QED) is 0.841. The second-order valence-electron chi connectivity index (χ2n) is 4.73. The van der Waals surface area contributed by atoms with E-state index in [2.05, 4.69) is 10.9 Å². The molecular weight excluding hydrogens is 272 g/mol. The second-order valence-corrected chi connectivity index (χ2v) is 4.73. The first-order valence-electron chi connectivity index (χ1n) is 6.65. The molecule has 6 heteroatoms. The molecule has 2 aromatic carbocycles. The fourth-order valence-corrected chi connectivity index (χ4v) is 2.27. The number of rotatable bonds is 4. The number of benzene rings is 2. The van der Waals surface area contributed by atoms with Gasteiger partial charge in [-0.2, -0.15) is 0 Å². The van der Waals surface area contributed by atoms with Crippen LogP contribution in [0.1, 0.15) is 5.56 Å². The van der Waals surface area contributed by atoms with Crippen LogP contribution < -0.4 is 29.8 Å². The van der Waals surface area contributed by atoms with Gasteiger partial charge in [0.15, 0.2) is 23.0 Å². The second kappa shape index (κ2) is 5.06. The Labute approximate surface area is 121 Å². The highest BCUT2D eigenvalue weighted by Gasteiger charge is 2.14. The van der Waals surface area contributed by atoms with Gasteiger partial charge in [0.2, 0.25) is 13.6 Å². The molecule has 6 nitrogen and oxygen atoms in total. The molecule has 0 amide bonds.